The van der Waals surface area contributed by atoms with Crippen molar-refractivity contribution >= 4 is 5.97 Å². The molecule has 0 aromatic heterocycles. The summed E-state index contributed by atoms with van der Waals surface area (Å²) in [6.07, 6.45) is 1.76. The van der Waals surface area contributed by atoms with E-state index in [0.717, 1.165) is 23.1 Å². The van der Waals surface area contributed by atoms with E-state index >= 15 is 0 Å². The molecule has 1 aliphatic heterocycles. The standard InChI is InChI=1S/C15H18O3/c1-2-12-13(9-6-10-16)15(17)18-14(12)11-7-4-3-5-8-11/h3-5,7-8,14,16H,2,6,9-10H2,1H3. The van der Waals surface area contributed by atoms with Gasteiger partial charge in [-0.25, -0.2) is 4.79 Å². The van der Waals surface area contributed by atoms with Gasteiger partial charge in [0.2, 0.25) is 0 Å². The maximum Gasteiger partial charge on any atom is 0.335 e. The molecular weight excluding hydrogens is 228 g/mol. The lowest BCUT2D eigenvalue weighted by Crippen LogP contribution is -2.03. The Morgan fingerprint density at radius 3 is 2.61 bits per heavy atom. The molecular formula is C15H18O3. The number of ether oxygens (including phenoxy) is 1. The number of carbonyl (C=O) groups is 1. The smallest absolute Gasteiger partial charge is 0.335 e. The third kappa shape index (κ3) is 2.46. The number of hydrogen-bond donors (Lipinski definition) is 1. The molecule has 1 unspecified atom stereocenters. The van der Waals surface area contributed by atoms with Crippen molar-refractivity contribution in [3.05, 3.63) is 47.0 Å². The van der Waals surface area contributed by atoms with Crippen molar-refractivity contribution in [1.82, 2.24) is 0 Å². The minimum atomic E-state index is -0.239. The Bertz CT molecular complexity index is 448. The minimum absolute atomic E-state index is 0.101. The van der Waals surface area contributed by atoms with Crippen LogP contribution in [0.15, 0.2) is 41.5 Å². The normalized spacial score (nSPS) is 19.2. The van der Waals surface area contributed by atoms with Gasteiger partial charge in [-0.15, -0.1) is 0 Å². The van der Waals surface area contributed by atoms with Gasteiger partial charge >= 0.3 is 5.97 Å². The highest BCUT2D eigenvalue weighted by molar-refractivity contribution is 5.92. The highest BCUT2D eigenvalue weighted by Crippen LogP contribution is 2.38. The zero-order valence-corrected chi connectivity index (χ0v) is 10.6. The highest BCUT2D eigenvalue weighted by atomic mass is 16.5. The molecule has 1 aromatic rings. The molecule has 96 valence electrons. The zero-order valence-electron chi connectivity index (χ0n) is 10.6. The Kier molecular flexibility index (Phi) is 4.15. The largest absolute Gasteiger partial charge is 0.450 e. The van der Waals surface area contributed by atoms with Gasteiger partial charge in [0.05, 0.1) is 0 Å². The number of hydrogen-bond acceptors (Lipinski definition) is 3. The lowest BCUT2D eigenvalue weighted by atomic mass is 9.95. The van der Waals surface area contributed by atoms with Crippen LogP contribution >= 0.6 is 0 Å². The van der Waals surface area contributed by atoms with Crippen molar-refractivity contribution in [1.29, 1.82) is 0 Å². The maximum atomic E-state index is 11.9. The lowest BCUT2D eigenvalue weighted by molar-refractivity contribution is -0.140. The lowest BCUT2D eigenvalue weighted by Gasteiger charge is -2.13. The van der Waals surface area contributed by atoms with E-state index in [2.05, 4.69) is 0 Å². The molecule has 0 fully saturated rings. The Hall–Kier alpha value is -1.61. The number of rotatable bonds is 5. The van der Waals surface area contributed by atoms with Crippen molar-refractivity contribution in [2.75, 3.05) is 6.61 Å². The number of aliphatic hydroxyl groups excluding tert-OH is 1. The van der Waals surface area contributed by atoms with Crippen LogP contribution in [-0.2, 0) is 9.53 Å². The third-order valence-electron chi connectivity index (χ3n) is 3.24. The fourth-order valence-corrected chi connectivity index (χ4v) is 2.35. The second-order valence-corrected chi connectivity index (χ2v) is 4.38. The SMILES string of the molecule is CCC1=C(CCCO)C(=O)OC1c1ccccc1. The van der Waals surface area contributed by atoms with Crippen LogP contribution in [-0.4, -0.2) is 17.7 Å². The van der Waals surface area contributed by atoms with E-state index in [9.17, 15) is 4.79 Å². The highest BCUT2D eigenvalue weighted by Gasteiger charge is 2.33. The second kappa shape index (κ2) is 5.83. The predicted molar refractivity (Wildman–Crippen MR) is 68.9 cm³/mol. The van der Waals surface area contributed by atoms with Crippen molar-refractivity contribution in [2.45, 2.75) is 32.3 Å². The van der Waals surface area contributed by atoms with Crippen LogP contribution in [0.25, 0.3) is 0 Å². The second-order valence-electron chi connectivity index (χ2n) is 4.38. The molecule has 1 aliphatic rings. The van der Waals surface area contributed by atoms with E-state index in [0.29, 0.717) is 12.8 Å². The van der Waals surface area contributed by atoms with Gasteiger partial charge in [0.25, 0.3) is 0 Å². The van der Waals surface area contributed by atoms with Crippen molar-refractivity contribution in [3.8, 4) is 0 Å². The Morgan fingerprint density at radius 1 is 1.28 bits per heavy atom. The van der Waals surface area contributed by atoms with E-state index in [4.69, 9.17) is 9.84 Å². The van der Waals surface area contributed by atoms with Gasteiger partial charge in [0.1, 0.15) is 6.10 Å². The van der Waals surface area contributed by atoms with Gasteiger partial charge in [-0.05, 0) is 30.4 Å². The van der Waals surface area contributed by atoms with Crippen LogP contribution in [0.5, 0.6) is 0 Å². The summed E-state index contributed by atoms with van der Waals surface area (Å²) >= 11 is 0. The van der Waals surface area contributed by atoms with Gasteiger partial charge in [-0.1, -0.05) is 37.3 Å². The van der Waals surface area contributed by atoms with Crippen molar-refractivity contribution < 1.29 is 14.6 Å². The van der Waals surface area contributed by atoms with Crippen LogP contribution in [0.3, 0.4) is 0 Å². The third-order valence-corrected chi connectivity index (χ3v) is 3.24. The van der Waals surface area contributed by atoms with Gasteiger partial charge < -0.3 is 9.84 Å². The summed E-state index contributed by atoms with van der Waals surface area (Å²) in [5.41, 5.74) is 2.82. The molecule has 1 N–H and O–H groups in total. The first kappa shape index (κ1) is 12.8. The molecule has 1 aromatic carbocycles. The first-order valence-electron chi connectivity index (χ1n) is 6.36. The van der Waals surface area contributed by atoms with Crippen LogP contribution in [0, 0.1) is 0 Å². The summed E-state index contributed by atoms with van der Waals surface area (Å²) in [6, 6.07) is 9.79. The van der Waals surface area contributed by atoms with E-state index in [1.807, 2.05) is 37.3 Å². The molecule has 2 rings (SSSR count). The summed E-state index contributed by atoms with van der Waals surface area (Å²) in [4.78, 5) is 11.9. The monoisotopic (exact) mass is 246 g/mol. The summed E-state index contributed by atoms with van der Waals surface area (Å²) < 4.78 is 5.47. The van der Waals surface area contributed by atoms with Gasteiger partial charge in [-0.2, -0.15) is 0 Å². The molecule has 0 bridgehead atoms. The number of cyclic esters (lactones) is 1. The van der Waals surface area contributed by atoms with Gasteiger partial charge in [-0.3, -0.25) is 0 Å². The molecule has 0 saturated carbocycles. The van der Waals surface area contributed by atoms with Crippen LogP contribution < -0.4 is 0 Å². The van der Waals surface area contributed by atoms with Gasteiger partial charge in [0, 0.05) is 12.2 Å². The van der Waals surface area contributed by atoms with Crippen molar-refractivity contribution in [3.63, 3.8) is 0 Å². The van der Waals surface area contributed by atoms with E-state index < -0.39 is 0 Å². The Labute approximate surface area is 107 Å². The molecule has 1 heterocycles. The zero-order chi connectivity index (χ0) is 13.0. The number of benzene rings is 1. The molecule has 0 aliphatic carbocycles. The number of esters is 1. The molecule has 3 heteroatoms. The minimum Gasteiger partial charge on any atom is -0.450 e. The summed E-state index contributed by atoms with van der Waals surface area (Å²) in [7, 11) is 0. The average molecular weight is 246 g/mol. The van der Waals surface area contributed by atoms with Crippen LogP contribution in [0.4, 0.5) is 0 Å². The molecule has 0 radical (unpaired) electrons. The fourth-order valence-electron chi connectivity index (χ4n) is 2.35. The van der Waals surface area contributed by atoms with Crippen LogP contribution in [0.1, 0.15) is 37.9 Å². The topological polar surface area (TPSA) is 46.5 Å². The molecule has 0 amide bonds. The molecule has 18 heavy (non-hydrogen) atoms. The summed E-state index contributed by atoms with van der Waals surface area (Å²) in [5.74, 6) is -0.228. The molecule has 3 nitrogen and oxygen atoms in total. The predicted octanol–water partition coefficient (Wildman–Crippen LogP) is 2.76. The fraction of sp³-hybridized carbons (Fsp3) is 0.400. The molecule has 1 atom stereocenters. The molecule has 0 spiro atoms. The maximum absolute atomic E-state index is 11.9. The summed E-state index contributed by atoms with van der Waals surface area (Å²) in [6.45, 7) is 2.13. The van der Waals surface area contributed by atoms with Crippen molar-refractivity contribution in [2.24, 2.45) is 0 Å². The first-order valence-corrected chi connectivity index (χ1v) is 6.36. The molecule has 0 saturated heterocycles. The van der Waals surface area contributed by atoms with E-state index in [1.165, 1.54) is 0 Å². The number of aliphatic hydroxyl groups is 1. The Balaban J connectivity index is 2.28. The van der Waals surface area contributed by atoms with Gasteiger partial charge in [0.15, 0.2) is 0 Å². The Morgan fingerprint density at radius 2 is 2.00 bits per heavy atom. The summed E-state index contributed by atoms with van der Waals surface area (Å²) in [5, 5.41) is 8.88. The average Bonchev–Trinajstić information content (AvgIpc) is 2.73. The quantitative estimate of drug-likeness (QED) is 0.813. The number of carbonyl (C=O) groups excluding carboxylic acids is 1. The van der Waals surface area contributed by atoms with E-state index in [1.54, 1.807) is 0 Å². The van der Waals surface area contributed by atoms with E-state index in [-0.39, 0.29) is 18.7 Å². The van der Waals surface area contributed by atoms with Crippen LogP contribution in [0.2, 0.25) is 0 Å². The first-order chi connectivity index (χ1) is 8.77.